The molecule has 0 aliphatic carbocycles. The lowest BCUT2D eigenvalue weighted by molar-refractivity contribution is 0.562. The molecule has 0 atom stereocenters. The fourth-order valence-corrected chi connectivity index (χ4v) is 3.23. The minimum absolute atomic E-state index is 0.587. The molecule has 1 aliphatic heterocycles. The van der Waals surface area contributed by atoms with Crippen LogP contribution >= 0.6 is 0 Å². The van der Waals surface area contributed by atoms with Crippen LogP contribution in [-0.2, 0) is 13.0 Å². The lowest BCUT2D eigenvalue weighted by Gasteiger charge is -2.17. The van der Waals surface area contributed by atoms with Gasteiger partial charge in [-0.25, -0.2) is 14.6 Å². The average molecular weight is 301 g/mol. The van der Waals surface area contributed by atoms with Crippen LogP contribution in [0.25, 0.3) is 11.0 Å². The molecular formula is C17H27N5. The number of hydrogen-bond acceptors (Lipinski definition) is 4. The van der Waals surface area contributed by atoms with Gasteiger partial charge in [0.05, 0.1) is 11.1 Å². The van der Waals surface area contributed by atoms with E-state index in [9.17, 15) is 0 Å². The largest absolute Gasteiger partial charge is 0.356 e. The third-order valence-electron chi connectivity index (χ3n) is 4.31. The number of anilines is 1. The molecule has 3 heterocycles. The summed E-state index contributed by atoms with van der Waals surface area (Å²) in [5, 5.41) is 6.08. The fourth-order valence-electron chi connectivity index (χ4n) is 3.23. The van der Waals surface area contributed by atoms with E-state index in [0.29, 0.717) is 5.92 Å². The zero-order chi connectivity index (χ0) is 15.5. The first-order chi connectivity index (χ1) is 10.7. The van der Waals surface area contributed by atoms with E-state index >= 15 is 0 Å². The Labute approximate surface area is 132 Å². The van der Waals surface area contributed by atoms with Crippen molar-refractivity contribution in [2.75, 3.05) is 18.0 Å². The van der Waals surface area contributed by atoms with E-state index in [4.69, 9.17) is 5.10 Å². The highest BCUT2D eigenvalue weighted by molar-refractivity contribution is 5.90. The molecular weight excluding hydrogens is 274 g/mol. The molecule has 120 valence electrons. The highest BCUT2D eigenvalue weighted by Gasteiger charge is 2.22. The molecule has 0 radical (unpaired) electrons. The maximum absolute atomic E-state index is 4.89. The lowest BCUT2D eigenvalue weighted by atomic mass is 10.1. The predicted molar refractivity (Wildman–Crippen MR) is 90.2 cm³/mol. The second-order valence-corrected chi connectivity index (χ2v) is 6.71. The highest BCUT2D eigenvalue weighted by Crippen LogP contribution is 2.30. The fraction of sp³-hybridized carbons (Fsp3) is 0.706. The molecule has 0 aromatic carbocycles. The first-order valence-corrected chi connectivity index (χ1v) is 8.66. The van der Waals surface area contributed by atoms with Gasteiger partial charge in [-0.05, 0) is 31.6 Å². The molecule has 2 aromatic heterocycles. The summed E-state index contributed by atoms with van der Waals surface area (Å²) >= 11 is 0. The van der Waals surface area contributed by atoms with Crippen molar-refractivity contribution in [1.29, 1.82) is 0 Å². The zero-order valence-corrected chi connectivity index (χ0v) is 14.0. The van der Waals surface area contributed by atoms with Gasteiger partial charge in [-0.15, -0.1) is 0 Å². The summed E-state index contributed by atoms with van der Waals surface area (Å²) in [6.07, 6.45) is 7.53. The molecule has 0 saturated carbocycles. The van der Waals surface area contributed by atoms with Gasteiger partial charge in [0, 0.05) is 19.6 Å². The molecule has 1 saturated heterocycles. The molecule has 0 bridgehead atoms. The predicted octanol–water partition coefficient (Wildman–Crippen LogP) is 3.43. The smallest absolute Gasteiger partial charge is 0.163 e. The molecule has 0 spiro atoms. The van der Waals surface area contributed by atoms with Gasteiger partial charge < -0.3 is 4.90 Å². The van der Waals surface area contributed by atoms with E-state index in [-0.39, 0.29) is 0 Å². The van der Waals surface area contributed by atoms with Crippen molar-refractivity contribution in [3.63, 3.8) is 0 Å². The molecule has 1 aliphatic rings. The minimum Gasteiger partial charge on any atom is -0.356 e. The van der Waals surface area contributed by atoms with E-state index < -0.39 is 0 Å². The molecule has 2 aromatic rings. The maximum atomic E-state index is 4.89. The van der Waals surface area contributed by atoms with Crippen molar-refractivity contribution in [3.8, 4) is 0 Å². The quantitative estimate of drug-likeness (QED) is 0.820. The number of hydrogen-bond donors (Lipinski definition) is 0. The number of aromatic nitrogens is 4. The van der Waals surface area contributed by atoms with Crippen molar-refractivity contribution < 1.29 is 0 Å². The van der Waals surface area contributed by atoms with Crippen LogP contribution in [0.3, 0.4) is 0 Å². The Kier molecular flexibility index (Phi) is 4.60. The first kappa shape index (κ1) is 15.3. The minimum atomic E-state index is 0.587. The maximum Gasteiger partial charge on any atom is 0.163 e. The van der Waals surface area contributed by atoms with E-state index in [1.54, 1.807) is 6.33 Å². The van der Waals surface area contributed by atoms with Crippen LogP contribution in [-0.4, -0.2) is 32.8 Å². The Bertz CT molecular complexity index is 625. The summed E-state index contributed by atoms with van der Waals surface area (Å²) < 4.78 is 2.10. The second-order valence-electron chi connectivity index (χ2n) is 6.71. The van der Waals surface area contributed by atoms with E-state index in [2.05, 4.69) is 40.3 Å². The van der Waals surface area contributed by atoms with E-state index in [1.165, 1.54) is 30.3 Å². The van der Waals surface area contributed by atoms with Crippen molar-refractivity contribution in [1.82, 2.24) is 19.7 Å². The SMILES string of the molecule is CCCCn1nc(CC(C)C)c2c(N3CCCC3)ncnc21. The molecule has 5 heteroatoms. The number of fused-ring (bicyclic) bond motifs is 1. The van der Waals surface area contributed by atoms with Crippen LogP contribution in [0.4, 0.5) is 5.82 Å². The van der Waals surface area contributed by atoms with Crippen LogP contribution in [0.15, 0.2) is 6.33 Å². The molecule has 0 amide bonds. The van der Waals surface area contributed by atoms with Crippen LogP contribution in [0, 0.1) is 5.92 Å². The lowest BCUT2D eigenvalue weighted by Crippen LogP contribution is -2.19. The third-order valence-corrected chi connectivity index (χ3v) is 4.31. The second kappa shape index (κ2) is 6.63. The van der Waals surface area contributed by atoms with Crippen molar-refractivity contribution in [2.24, 2.45) is 5.92 Å². The number of nitrogens with zero attached hydrogens (tertiary/aromatic N) is 5. The zero-order valence-electron chi connectivity index (χ0n) is 14.0. The summed E-state index contributed by atoms with van der Waals surface area (Å²) in [4.78, 5) is 11.6. The highest BCUT2D eigenvalue weighted by atomic mass is 15.3. The van der Waals surface area contributed by atoms with Crippen molar-refractivity contribution in [3.05, 3.63) is 12.0 Å². The topological polar surface area (TPSA) is 46.8 Å². The molecule has 0 N–H and O–H groups in total. The summed E-state index contributed by atoms with van der Waals surface area (Å²) in [7, 11) is 0. The monoisotopic (exact) mass is 301 g/mol. The molecule has 0 unspecified atom stereocenters. The summed E-state index contributed by atoms with van der Waals surface area (Å²) in [6.45, 7) is 9.86. The normalized spacial score (nSPS) is 15.4. The van der Waals surface area contributed by atoms with E-state index in [1.807, 2.05) is 0 Å². The molecule has 1 fully saturated rings. The van der Waals surface area contributed by atoms with Crippen molar-refractivity contribution >= 4 is 16.9 Å². The molecule has 22 heavy (non-hydrogen) atoms. The van der Waals surface area contributed by atoms with Crippen LogP contribution in [0.2, 0.25) is 0 Å². The number of aryl methyl sites for hydroxylation is 1. The Hall–Kier alpha value is -1.65. The van der Waals surface area contributed by atoms with Gasteiger partial charge in [0.2, 0.25) is 0 Å². The van der Waals surface area contributed by atoms with Gasteiger partial charge in [0.1, 0.15) is 12.1 Å². The van der Waals surface area contributed by atoms with Gasteiger partial charge in [-0.1, -0.05) is 27.2 Å². The summed E-state index contributed by atoms with van der Waals surface area (Å²) in [5.41, 5.74) is 2.18. The summed E-state index contributed by atoms with van der Waals surface area (Å²) in [5.74, 6) is 1.69. The number of unbranched alkanes of at least 4 members (excludes halogenated alkanes) is 1. The van der Waals surface area contributed by atoms with Crippen LogP contribution in [0.5, 0.6) is 0 Å². The Balaban J connectivity index is 2.08. The summed E-state index contributed by atoms with van der Waals surface area (Å²) in [6, 6.07) is 0. The van der Waals surface area contributed by atoms with Crippen LogP contribution in [0.1, 0.15) is 52.1 Å². The third kappa shape index (κ3) is 2.94. The standard InChI is InChI=1S/C17H27N5/c1-4-5-10-22-17-15(14(20-22)11-13(2)3)16(18-12-19-17)21-8-6-7-9-21/h12-13H,4-11H2,1-3H3. The van der Waals surface area contributed by atoms with Gasteiger partial charge in [0.15, 0.2) is 5.65 Å². The molecule has 5 nitrogen and oxygen atoms in total. The molecule has 3 rings (SSSR count). The van der Waals surface area contributed by atoms with E-state index in [0.717, 1.165) is 43.9 Å². The van der Waals surface area contributed by atoms with Gasteiger partial charge in [-0.3, -0.25) is 0 Å². The Morgan fingerprint density at radius 3 is 2.64 bits per heavy atom. The first-order valence-electron chi connectivity index (χ1n) is 8.66. The Morgan fingerprint density at radius 1 is 1.18 bits per heavy atom. The number of rotatable bonds is 6. The average Bonchev–Trinajstić information content (AvgIpc) is 3.13. The van der Waals surface area contributed by atoms with Crippen LogP contribution < -0.4 is 4.90 Å². The Morgan fingerprint density at radius 2 is 1.95 bits per heavy atom. The van der Waals surface area contributed by atoms with Gasteiger partial charge in [0.25, 0.3) is 0 Å². The van der Waals surface area contributed by atoms with Crippen molar-refractivity contribution in [2.45, 2.75) is 59.4 Å². The van der Waals surface area contributed by atoms with Gasteiger partial charge in [-0.2, -0.15) is 5.10 Å². The van der Waals surface area contributed by atoms with Gasteiger partial charge >= 0.3 is 0 Å².